The van der Waals surface area contributed by atoms with Crippen molar-refractivity contribution in [1.29, 1.82) is 0 Å². The van der Waals surface area contributed by atoms with Crippen LogP contribution in [0.15, 0.2) is 0 Å². The molecule has 0 radical (unpaired) electrons. The molecule has 2 nitrogen and oxygen atoms in total. The first-order valence-electron chi connectivity index (χ1n) is 8.59. The van der Waals surface area contributed by atoms with Crippen LogP contribution in [0.3, 0.4) is 0 Å². The highest BCUT2D eigenvalue weighted by Gasteiger charge is 2.53. The molecule has 2 saturated carbocycles. The molecule has 4 aliphatic rings. The van der Waals surface area contributed by atoms with Crippen LogP contribution in [-0.2, 0) is 0 Å². The second-order valence-corrected chi connectivity index (χ2v) is 11.2. The van der Waals surface area contributed by atoms with Crippen LogP contribution in [0.5, 0.6) is 0 Å². The molecule has 1 aromatic rings. The Morgan fingerprint density at radius 1 is 0.696 bits per heavy atom. The fraction of sp³-hybridized carbons (Fsp3) is 0.667. The Morgan fingerprint density at radius 3 is 1.57 bits per heavy atom. The van der Waals surface area contributed by atoms with Crippen molar-refractivity contribution in [3.05, 3.63) is 20.9 Å². The van der Waals surface area contributed by atoms with Crippen LogP contribution in [0.4, 0.5) is 0 Å². The summed E-state index contributed by atoms with van der Waals surface area (Å²) in [6.07, 6.45) is 6.40. The molecule has 2 fully saturated rings. The molecule has 0 spiro atoms. The van der Waals surface area contributed by atoms with E-state index in [1.54, 1.807) is 0 Å². The fourth-order valence-corrected chi connectivity index (χ4v) is 8.19. The second kappa shape index (κ2) is 5.25. The number of hydrogen-bond acceptors (Lipinski definition) is 3. The number of alkyl halides is 2. The lowest BCUT2D eigenvalue weighted by Crippen LogP contribution is -2.25. The van der Waals surface area contributed by atoms with E-state index in [0.29, 0.717) is 33.1 Å². The Balaban J connectivity index is 1.61. The lowest BCUT2D eigenvalue weighted by Gasteiger charge is -2.31. The number of carbonyl (C=O) groups excluding carboxylic acids is 2. The van der Waals surface area contributed by atoms with Gasteiger partial charge in [0, 0.05) is 21.5 Å². The normalized spacial score (nSPS) is 41.5. The molecule has 122 valence electrons. The smallest absolute Gasteiger partial charge is 0.176 e. The van der Waals surface area contributed by atoms with Gasteiger partial charge in [0.25, 0.3) is 0 Å². The van der Waals surface area contributed by atoms with Crippen molar-refractivity contribution in [3.63, 3.8) is 0 Å². The van der Waals surface area contributed by atoms with Crippen LogP contribution >= 0.6 is 43.2 Å². The first-order valence-corrected chi connectivity index (χ1v) is 11.2. The topological polar surface area (TPSA) is 34.1 Å². The summed E-state index contributed by atoms with van der Waals surface area (Å²) in [7, 11) is 0. The van der Waals surface area contributed by atoms with E-state index in [1.807, 2.05) is 0 Å². The number of fused-ring (bicyclic) bond motifs is 7. The molecule has 0 aliphatic heterocycles. The SMILES string of the molecule is O=C1c2sc3c(c2C2CCC(Br)CC12)C1CCC(Br)CC1C3=O. The zero-order valence-electron chi connectivity index (χ0n) is 12.7. The van der Waals surface area contributed by atoms with Gasteiger partial charge >= 0.3 is 0 Å². The highest BCUT2D eigenvalue weighted by Crippen LogP contribution is 2.59. The molecular formula is C18H18Br2O2S. The van der Waals surface area contributed by atoms with Crippen molar-refractivity contribution in [1.82, 2.24) is 0 Å². The summed E-state index contributed by atoms with van der Waals surface area (Å²) in [6, 6.07) is 0. The van der Waals surface area contributed by atoms with Gasteiger partial charge in [0.1, 0.15) is 0 Å². The fourth-order valence-electron chi connectivity index (χ4n) is 5.40. The Bertz CT molecular complexity index is 666. The maximum Gasteiger partial charge on any atom is 0.176 e. The van der Waals surface area contributed by atoms with E-state index in [9.17, 15) is 9.59 Å². The van der Waals surface area contributed by atoms with Gasteiger partial charge in [0.15, 0.2) is 11.6 Å². The van der Waals surface area contributed by atoms with Gasteiger partial charge in [-0.3, -0.25) is 9.59 Å². The van der Waals surface area contributed by atoms with E-state index in [-0.39, 0.29) is 11.8 Å². The zero-order valence-corrected chi connectivity index (χ0v) is 16.7. The molecule has 5 heteroatoms. The van der Waals surface area contributed by atoms with Crippen molar-refractivity contribution in [3.8, 4) is 0 Å². The second-order valence-electron chi connectivity index (χ2n) is 7.56. The summed E-state index contributed by atoms with van der Waals surface area (Å²) in [5.74, 6) is 1.76. The summed E-state index contributed by atoms with van der Waals surface area (Å²) in [6.45, 7) is 0. The lowest BCUT2D eigenvalue weighted by molar-refractivity contribution is 0.0897. The van der Waals surface area contributed by atoms with E-state index in [4.69, 9.17) is 0 Å². The zero-order chi connectivity index (χ0) is 15.9. The predicted molar refractivity (Wildman–Crippen MR) is 98.6 cm³/mol. The summed E-state index contributed by atoms with van der Waals surface area (Å²) in [5.41, 5.74) is 2.63. The summed E-state index contributed by atoms with van der Waals surface area (Å²) < 4.78 is 0. The van der Waals surface area contributed by atoms with E-state index < -0.39 is 0 Å². The van der Waals surface area contributed by atoms with Crippen LogP contribution < -0.4 is 0 Å². The van der Waals surface area contributed by atoms with E-state index in [1.165, 1.54) is 22.5 Å². The average Bonchev–Trinajstić information content (AvgIpc) is 3.11. The molecule has 0 saturated heterocycles. The maximum atomic E-state index is 12.9. The third-order valence-corrected chi connectivity index (χ3v) is 9.33. The highest BCUT2D eigenvalue weighted by atomic mass is 79.9. The van der Waals surface area contributed by atoms with Crippen molar-refractivity contribution in [2.24, 2.45) is 11.8 Å². The van der Waals surface area contributed by atoms with Gasteiger partial charge in [-0.15, -0.1) is 11.3 Å². The molecule has 6 atom stereocenters. The Labute approximate surface area is 156 Å². The van der Waals surface area contributed by atoms with Gasteiger partial charge in [0.05, 0.1) is 9.75 Å². The molecule has 4 aliphatic carbocycles. The minimum absolute atomic E-state index is 0.168. The molecule has 5 rings (SSSR count). The van der Waals surface area contributed by atoms with Crippen LogP contribution in [0.1, 0.15) is 80.8 Å². The average molecular weight is 458 g/mol. The van der Waals surface area contributed by atoms with Gasteiger partial charge in [-0.25, -0.2) is 0 Å². The van der Waals surface area contributed by atoms with E-state index >= 15 is 0 Å². The highest BCUT2D eigenvalue weighted by molar-refractivity contribution is 9.09. The van der Waals surface area contributed by atoms with E-state index in [0.717, 1.165) is 48.3 Å². The number of thiophene rings is 1. The van der Waals surface area contributed by atoms with E-state index in [2.05, 4.69) is 31.9 Å². The molecule has 1 heterocycles. The van der Waals surface area contributed by atoms with Crippen LogP contribution in [0.2, 0.25) is 0 Å². The summed E-state index contributed by atoms with van der Waals surface area (Å²) in [5, 5.41) is 0. The molecular weight excluding hydrogens is 440 g/mol. The Kier molecular flexibility index (Phi) is 3.48. The minimum Gasteiger partial charge on any atom is -0.293 e. The summed E-state index contributed by atoms with van der Waals surface area (Å²) >= 11 is 8.95. The number of hydrogen-bond donors (Lipinski definition) is 0. The van der Waals surface area contributed by atoms with Gasteiger partial charge in [-0.2, -0.15) is 0 Å². The van der Waals surface area contributed by atoms with Crippen molar-refractivity contribution in [2.75, 3.05) is 0 Å². The first kappa shape index (κ1) is 15.3. The Morgan fingerprint density at radius 2 is 1.13 bits per heavy atom. The van der Waals surface area contributed by atoms with Gasteiger partial charge in [-0.1, -0.05) is 31.9 Å². The number of ketones is 2. The van der Waals surface area contributed by atoms with Crippen molar-refractivity contribution < 1.29 is 9.59 Å². The summed E-state index contributed by atoms with van der Waals surface area (Å²) in [4.78, 5) is 28.6. The monoisotopic (exact) mass is 456 g/mol. The third kappa shape index (κ3) is 2.02. The Hall–Kier alpha value is -0.0000000000000000555. The van der Waals surface area contributed by atoms with Crippen molar-refractivity contribution in [2.45, 2.75) is 60.0 Å². The van der Waals surface area contributed by atoms with Gasteiger partial charge in [-0.05, 0) is 61.5 Å². The van der Waals surface area contributed by atoms with Crippen LogP contribution in [0, 0.1) is 11.8 Å². The van der Waals surface area contributed by atoms with Gasteiger partial charge in [0.2, 0.25) is 0 Å². The van der Waals surface area contributed by atoms with Crippen LogP contribution in [0.25, 0.3) is 0 Å². The number of rotatable bonds is 0. The number of halogens is 2. The first-order chi connectivity index (χ1) is 11.1. The largest absolute Gasteiger partial charge is 0.293 e. The molecule has 0 aromatic carbocycles. The molecule has 1 aromatic heterocycles. The minimum atomic E-state index is 0.168. The van der Waals surface area contributed by atoms with Crippen molar-refractivity contribution >= 4 is 54.8 Å². The molecule has 23 heavy (non-hydrogen) atoms. The quantitative estimate of drug-likeness (QED) is 0.486. The molecule has 0 bridgehead atoms. The molecule has 0 N–H and O–H groups in total. The lowest BCUT2D eigenvalue weighted by atomic mass is 9.74. The molecule has 6 unspecified atom stereocenters. The third-order valence-electron chi connectivity index (χ3n) is 6.42. The van der Waals surface area contributed by atoms with Crippen LogP contribution in [-0.4, -0.2) is 21.2 Å². The maximum absolute atomic E-state index is 12.9. The number of Topliss-reactive ketones (excluding diaryl/α,β-unsaturated/α-hetero) is 2. The number of carbonyl (C=O) groups is 2. The predicted octanol–water partition coefficient (Wildman–Crippen LogP) is 5.44. The standard InChI is InChI=1S/C18H18Br2O2S/c19-7-1-3-9-11(5-7)15(21)17-13(9)14-10-4-2-8(20)6-12(10)16(22)18(14)23-17/h7-12H,1-6H2. The van der Waals surface area contributed by atoms with Gasteiger partial charge < -0.3 is 0 Å². The molecule has 0 amide bonds.